The van der Waals surface area contributed by atoms with Gasteiger partial charge in [0.25, 0.3) is 0 Å². The van der Waals surface area contributed by atoms with Gasteiger partial charge in [-0.1, -0.05) is 74.7 Å². The van der Waals surface area contributed by atoms with Gasteiger partial charge in [0.05, 0.1) is 12.0 Å². The third-order valence-corrected chi connectivity index (χ3v) is 47.1. The van der Waals surface area contributed by atoms with E-state index in [1.54, 1.807) is 0 Å². The van der Waals surface area contributed by atoms with Crippen LogP contribution in [0.4, 0.5) is 0 Å². The summed E-state index contributed by atoms with van der Waals surface area (Å²) in [7, 11) is -30.0. The zero-order valence-corrected chi connectivity index (χ0v) is 39.3. The molecule has 6 aliphatic rings. The van der Waals surface area contributed by atoms with Gasteiger partial charge in [-0.3, -0.25) is 4.79 Å². The number of hydrogen-bond donors (Lipinski definition) is 0. The molecule has 4 unspecified atom stereocenters. The number of esters is 1. The summed E-state index contributed by atoms with van der Waals surface area (Å²) in [6.07, 6.45) is 4.56. The average molecular weight is 833 g/mol. The van der Waals surface area contributed by atoms with Crippen molar-refractivity contribution in [2.45, 2.75) is 156 Å². The number of rotatable bonds is 17. The molecule has 49 heavy (non-hydrogen) atoms. The molecule has 0 aromatic carbocycles. The van der Waals surface area contributed by atoms with E-state index in [0.717, 1.165) is 19.3 Å². The normalized spacial score (nSPS) is 43.1. The van der Waals surface area contributed by atoms with E-state index in [9.17, 15) is 4.79 Å². The minimum absolute atomic E-state index is 0.166. The highest BCUT2D eigenvalue weighted by Crippen LogP contribution is 2.53. The van der Waals surface area contributed by atoms with Crippen molar-refractivity contribution in [3.8, 4) is 0 Å². The van der Waals surface area contributed by atoms with Gasteiger partial charge in [0.2, 0.25) is 0 Å². The average Bonchev–Trinajstić information content (AvgIpc) is 3.02. The summed E-state index contributed by atoms with van der Waals surface area (Å²) in [4.78, 5) is 12.9. The molecule has 6 fully saturated rings. The first-order valence-electron chi connectivity index (χ1n) is 18.7. The molecule has 8 bridgehead atoms. The maximum Gasteiger partial charge on any atom is 0.479 e. The topological polar surface area (TPSA) is 137 Å². The molecule has 6 rings (SSSR count). The van der Waals surface area contributed by atoms with Crippen LogP contribution in [0, 0.1) is 5.41 Å². The summed E-state index contributed by atoms with van der Waals surface area (Å²) < 4.78 is 93.4. The molecule has 0 aromatic rings. The summed E-state index contributed by atoms with van der Waals surface area (Å²) in [5.74, 6) is -0.248. The minimum atomic E-state index is -3.91. The third kappa shape index (κ3) is 8.08. The second-order valence-electron chi connectivity index (χ2n) is 14.1. The number of ether oxygens (including phenoxy) is 1. The van der Waals surface area contributed by atoms with Gasteiger partial charge in [-0.05, 0) is 33.1 Å². The lowest BCUT2D eigenvalue weighted by Crippen LogP contribution is -2.88. The molecule has 4 atom stereocenters. The summed E-state index contributed by atoms with van der Waals surface area (Å²) in [5, 5.41) is 0. The SMILES string of the molecule is CCCCC[Si]12O[Si]3(CC)O[Si]4(CC)O[Si](CC)(O1)O[Si]1(CCCOC(=O)C(C)(C)CC)O[Si](CC)(O[Si](CC)(O3)O[Si](CCC)(O4)O1)O2. The van der Waals surface area contributed by atoms with Crippen LogP contribution in [0.25, 0.3) is 0 Å². The highest BCUT2D eigenvalue weighted by molar-refractivity contribution is 7.03. The Labute approximate surface area is 302 Å². The fraction of sp³-hybridized carbons (Fsp3) is 0.963. The Kier molecular flexibility index (Phi) is 12.6. The van der Waals surface area contributed by atoms with Crippen LogP contribution in [0.1, 0.15) is 108 Å². The Morgan fingerprint density at radius 1 is 0.449 bits per heavy atom. The Morgan fingerprint density at radius 3 is 1.10 bits per heavy atom. The summed E-state index contributed by atoms with van der Waals surface area (Å²) in [5.41, 5.74) is -0.587. The predicted octanol–water partition coefficient (Wildman–Crippen LogP) is 6.83. The lowest BCUT2D eigenvalue weighted by molar-refractivity contribution is -0.154. The second kappa shape index (κ2) is 15.1. The second-order valence-corrected chi connectivity index (χ2v) is 39.9. The van der Waals surface area contributed by atoms with Crippen molar-refractivity contribution in [3.63, 3.8) is 0 Å². The molecule has 0 radical (unpaired) electrons. The largest absolute Gasteiger partial charge is 0.479 e. The molecule has 6 saturated heterocycles. The standard InChI is InChI=1S/C27H60O14Si8/c1-11-19-20-24-48-36-44(16-6)30-42(14-4)32-45(17-7,37-48)39-49(25-21-22-29-26(28)27(9,10)13-3)40-46(18-8,38-48)33-43(15-5,31-44)35-47(34-42,41-49)23-12-2/h11-25H2,1-10H3. The zero-order chi connectivity index (χ0) is 35.9. The van der Waals surface area contributed by atoms with Crippen LogP contribution in [-0.2, 0) is 58.9 Å². The van der Waals surface area contributed by atoms with Gasteiger partial charge >= 0.3 is 76.4 Å². The number of carbonyl (C=O) groups is 1. The Bertz CT molecular complexity index is 1140. The van der Waals surface area contributed by atoms with Gasteiger partial charge in [0, 0.05) is 48.4 Å². The molecule has 22 heteroatoms. The van der Waals surface area contributed by atoms with Crippen molar-refractivity contribution in [1.29, 1.82) is 0 Å². The van der Waals surface area contributed by atoms with E-state index in [4.69, 9.17) is 54.1 Å². The third-order valence-electron chi connectivity index (χ3n) is 9.84. The number of hydrogen-bond acceptors (Lipinski definition) is 14. The number of unbranched alkanes of at least 4 members (excludes halogenated alkanes) is 2. The van der Waals surface area contributed by atoms with Crippen molar-refractivity contribution in [2.24, 2.45) is 5.41 Å². The van der Waals surface area contributed by atoms with Gasteiger partial charge in [0.15, 0.2) is 0 Å². The van der Waals surface area contributed by atoms with Crippen LogP contribution in [0.15, 0.2) is 0 Å². The van der Waals surface area contributed by atoms with Crippen LogP contribution in [-0.4, -0.2) is 83.0 Å². The van der Waals surface area contributed by atoms with Crippen LogP contribution >= 0.6 is 0 Å². The first-order valence-corrected chi connectivity index (χ1v) is 34.1. The summed E-state index contributed by atoms with van der Waals surface area (Å²) >= 11 is 0. The maximum absolute atomic E-state index is 12.9. The molecule has 0 saturated carbocycles. The van der Waals surface area contributed by atoms with Gasteiger partial charge < -0.3 is 54.1 Å². The van der Waals surface area contributed by atoms with E-state index in [0.29, 0.717) is 67.6 Å². The van der Waals surface area contributed by atoms with Crippen molar-refractivity contribution in [1.82, 2.24) is 0 Å². The van der Waals surface area contributed by atoms with Crippen LogP contribution in [0.2, 0.25) is 48.4 Å². The van der Waals surface area contributed by atoms with Gasteiger partial charge in [-0.2, -0.15) is 0 Å². The fourth-order valence-corrected chi connectivity index (χ4v) is 56.5. The fourth-order valence-electron chi connectivity index (χ4n) is 6.58. The Hall–Kier alpha value is 0.725. The van der Waals surface area contributed by atoms with E-state index in [1.165, 1.54) is 0 Å². The molecular formula is C27H60O14Si8. The molecule has 14 nitrogen and oxygen atoms in total. The maximum atomic E-state index is 12.9. The lowest BCUT2D eigenvalue weighted by Gasteiger charge is -2.63. The number of carbonyl (C=O) groups excluding carboxylic acids is 1. The first-order chi connectivity index (χ1) is 23.1. The molecule has 0 aromatic heterocycles. The minimum Gasteiger partial charge on any atom is -0.465 e. The first kappa shape index (κ1) is 40.9. The van der Waals surface area contributed by atoms with E-state index < -0.39 is 75.9 Å². The van der Waals surface area contributed by atoms with E-state index in [1.807, 2.05) is 55.4 Å². The highest BCUT2D eigenvalue weighted by atomic mass is 28.6. The van der Waals surface area contributed by atoms with Gasteiger partial charge in [-0.25, -0.2) is 0 Å². The molecule has 6 aliphatic heterocycles. The molecule has 0 amide bonds. The Balaban J connectivity index is 1.70. The summed E-state index contributed by atoms with van der Waals surface area (Å²) in [6.45, 7) is 20.1. The molecule has 0 aliphatic carbocycles. The van der Waals surface area contributed by atoms with Crippen LogP contribution < -0.4 is 0 Å². The van der Waals surface area contributed by atoms with Crippen molar-refractivity contribution in [2.75, 3.05) is 6.61 Å². The van der Waals surface area contributed by atoms with E-state index in [-0.39, 0.29) is 12.6 Å². The monoisotopic (exact) mass is 832 g/mol. The quantitative estimate of drug-likeness (QED) is 0.0860. The van der Waals surface area contributed by atoms with Gasteiger partial charge in [0.1, 0.15) is 0 Å². The molecular weight excluding hydrogens is 773 g/mol. The molecule has 6 heterocycles. The molecule has 284 valence electrons. The zero-order valence-electron chi connectivity index (χ0n) is 31.3. The van der Waals surface area contributed by atoms with Crippen molar-refractivity contribution < 1.29 is 58.9 Å². The van der Waals surface area contributed by atoms with Crippen molar-refractivity contribution in [3.05, 3.63) is 0 Å². The highest BCUT2D eigenvalue weighted by Gasteiger charge is 2.82. The summed E-state index contributed by atoms with van der Waals surface area (Å²) in [6, 6.07) is 3.32. The van der Waals surface area contributed by atoms with E-state index >= 15 is 0 Å². The molecule has 0 N–H and O–H groups in total. The van der Waals surface area contributed by atoms with Crippen molar-refractivity contribution >= 4 is 76.4 Å². The van der Waals surface area contributed by atoms with Crippen LogP contribution in [0.5, 0.6) is 0 Å². The van der Waals surface area contributed by atoms with E-state index in [2.05, 4.69) is 13.8 Å². The lowest BCUT2D eigenvalue weighted by atomic mass is 9.91. The van der Waals surface area contributed by atoms with Crippen LogP contribution in [0.3, 0.4) is 0 Å². The van der Waals surface area contributed by atoms with Gasteiger partial charge in [-0.15, -0.1) is 0 Å². The molecule has 0 spiro atoms. The predicted molar refractivity (Wildman–Crippen MR) is 195 cm³/mol. The smallest absolute Gasteiger partial charge is 0.465 e. The Morgan fingerprint density at radius 2 is 0.776 bits per heavy atom.